The SMILES string of the molecule is CCN[C@H](C(=O)O)[C@@H](C)[C@@H]1COC2(CCCCO2)C2(CCCCO2)O1. The minimum atomic E-state index is -0.919. The molecule has 3 aliphatic rings. The number of carboxylic acid groups (broad SMARTS) is 1. The summed E-state index contributed by atoms with van der Waals surface area (Å²) < 4.78 is 24.9. The van der Waals surface area contributed by atoms with Crippen molar-refractivity contribution >= 4 is 5.97 Å². The van der Waals surface area contributed by atoms with Gasteiger partial charge in [-0.1, -0.05) is 13.8 Å². The molecule has 3 saturated heterocycles. The summed E-state index contributed by atoms with van der Waals surface area (Å²) >= 11 is 0. The van der Waals surface area contributed by atoms with E-state index in [4.69, 9.17) is 18.9 Å². The monoisotopic (exact) mass is 357 g/mol. The Morgan fingerprint density at radius 1 is 1.12 bits per heavy atom. The molecular weight excluding hydrogens is 326 g/mol. The van der Waals surface area contributed by atoms with Crippen molar-refractivity contribution in [3.63, 3.8) is 0 Å². The predicted molar refractivity (Wildman–Crippen MR) is 90.2 cm³/mol. The molecule has 0 radical (unpaired) electrons. The van der Waals surface area contributed by atoms with Crippen LogP contribution in [0, 0.1) is 5.92 Å². The van der Waals surface area contributed by atoms with Gasteiger partial charge in [0.05, 0.1) is 25.9 Å². The van der Waals surface area contributed by atoms with Crippen LogP contribution in [-0.4, -0.2) is 61.2 Å². The Hall–Kier alpha value is -0.730. The normalized spacial score (nSPS) is 38.6. The quantitative estimate of drug-likeness (QED) is 0.777. The zero-order valence-electron chi connectivity index (χ0n) is 15.3. The molecule has 7 nitrogen and oxygen atoms in total. The van der Waals surface area contributed by atoms with Crippen molar-refractivity contribution in [3.8, 4) is 0 Å². The first-order valence-electron chi connectivity index (χ1n) is 9.59. The lowest BCUT2D eigenvalue weighted by Crippen LogP contribution is -2.69. The Morgan fingerprint density at radius 2 is 1.76 bits per heavy atom. The molecular formula is C18H31NO6. The van der Waals surface area contributed by atoms with Crippen molar-refractivity contribution in [2.24, 2.45) is 5.92 Å². The van der Waals surface area contributed by atoms with E-state index in [-0.39, 0.29) is 12.0 Å². The van der Waals surface area contributed by atoms with Crippen LogP contribution in [0.3, 0.4) is 0 Å². The average molecular weight is 357 g/mol. The van der Waals surface area contributed by atoms with Crippen molar-refractivity contribution in [2.75, 3.05) is 26.4 Å². The molecule has 2 unspecified atom stereocenters. The summed E-state index contributed by atoms with van der Waals surface area (Å²) in [6.07, 6.45) is 5.14. The molecule has 0 aromatic rings. The van der Waals surface area contributed by atoms with Crippen LogP contribution in [0.1, 0.15) is 52.4 Å². The minimum absolute atomic E-state index is 0.249. The molecule has 3 heterocycles. The zero-order chi connectivity index (χ0) is 17.9. The first-order chi connectivity index (χ1) is 12.0. The Labute approximate surface area is 149 Å². The highest BCUT2D eigenvalue weighted by molar-refractivity contribution is 5.73. The average Bonchev–Trinajstić information content (AvgIpc) is 2.63. The van der Waals surface area contributed by atoms with Crippen LogP contribution >= 0.6 is 0 Å². The fourth-order valence-corrected chi connectivity index (χ4v) is 4.23. The van der Waals surface area contributed by atoms with Crippen LogP contribution in [-0.2, 0) is 23.7 Å². The van der Waals surface area contributed by atoms with E-state index >= 15 is 0 Å². The van der Waals surface area contributed by atoms with Gasteiger partial charge in [0.1, 0.15) is 6.04 Å². The fourth-order valence-electron chi connectivity index (χ4n) is 4.23. The van der Waals surface area contributed by atoms with E-state index in [9.17, 15) is 9.90 Å². The Balaban J connectivity index is 1.80. The summed E-state index contributed by atoms with van der Waals surface area (Å²) in [5.41, 5.74) is 0. The van der Waals surface area contributed by atoms with Gasteiger partial charge in [0.15, 0.2) is 0 Å². The summed E-state index contributed by atoms with van der Waals surface area (Å²) in [6.45, 7) is 5.96. The molecule has 3 aliphatic heterocycles. The largest absolute Gasteiger partial charge is 0.480 e. The van der Waals surface area contributed by atoms with Gasteiger partial charge in [-0.25, -0.2) is 0 Å². The zero-order valence-corrected chi connectivity index (χ0v) is 15.3. The number of nitrogens with one attached hydrogen (secondary N) is 1. The number of fused-ring (bicyclic) bond motifs is 1. The lowest BCUT2D eigenvalue weighted by atomic mass is 9.87. The maximum absolute atomic E-state index is 11.6. The molecule has 0 saturated carbocycles. The van der Waals surface area contributed by atoms with Gasteiger partial charge in [-0.2, -0.15) is 0 Å². The van der Waals surface area contributed by atoms with Crippen LogP contribution in [0.25, 0.3) is 0 Å². The molecule has 0 aliphatic carbocycles. The van der Waals surface area contributed by atoms with Crippen molar-refractivity contribution < 1.29 is 28.8 Å². The third kappa shape index (κ3) is 3.57. The van der Waals surface area contributed by atoms with E-state index in [0.717, 1.165) is 38.5 Å². The molecule has 3 fully saturated rings. The topological polar surface area (TPSA) is 86.3 Å². The highest BCUT2D eigenvalue weighted by Gasteiger charge is 2.62. The van der Waals surface area contributed by atoms with Gasteiger partial charge in [0.25, 0.3) is 0 Å². The molecule has 0 bridgehead atoms. The highest BCUT2D eigenvalue weighted by Crippen LogP contribution is 2.48. The molecule has 25 heavy (non-hydrogen) atoms. The lowest BCUT2D eigenvalue weighted by Gasteiger charge is -2.56. The second kappa shape index (κ2) is 7.88. The summed E-state index contributed by atoms with van der Waals surface area (Å²) in [5, 5.41) is 12.6. The second-order valence-corrected chi connectivity index (χ2v) is 7.32. The maximum Gasteiger partial charge on any atom is 0.321 e. The number of ether oxygens (including phenoxy) is 4. The molecule has 3 rings (SSSR count). The third-order valence-corrected chi connectivity index (χ3v) is 5.68. The van der Waals surface area contributed by atoms with E-state index in [1.165, 1.54) is 0 Å². The molecule has 2 spiro atoms. The number of aliphatic carboxylic acids is 1. The van der Waals surface area contributed by atoms with Crippen LogP contribution in [0.15, 0.2) is 0 Å². The van der Waals surface area contributed by atoms with Gasteiger partial charge in [-0.15, -0.1) is 0 Å². The third-order valence-electron chi connectivity index (χ3n) is 5.68. The fraction of sp³-hybridized carbons (Fsp3) is 0.944. The summed E-state index contributed by atoms with van der Waals surface area (Å²) in [5.74, 6) is -2.89. The number of likely N-dealkylation sites (N-methyl/N-ethyl adjacent to an activating group) is 1. The first kappa shape index (κ1) is 19.0. The summed E-state index contributed by atoms with van der Waals surface area (Å²) in [4.78, 5) is 11.6. The molecule has 144 valence electrons. The van der Waals surface area contributed by atoms with Gasteiger partial charge in [0.2, 0.25) is 11.6 Å². The number of hydrogen-bond donors (Lipinski definition) is 2. The Bertz CT molecular complexity index is 458. The molecule has 0 aromatic carbocycles. The van der Waals surface area contributed by atoms with Crippen LogP contribution in [0.2, 0.25) is 0 Å². The van der Waals surface area contributed by atoms with Crippen LogP contribution in [0.4, 0.5) is 0 Å². The Morgan fingerprint density at radius 3 is 2.28 bits per heavy atom. The summed E-state index contributed by atoms with van der Waals surface area (Å²) in [6, 6.07) is -0.680. The van der Waals surface area contributed by atoms with Crippen molar-refractivity contribution in [2.45, 2.75) is 76.1 Å². The van der Waals surface area contributed by atoms with Gasteiger partial charge >= 0.3 is 5.97 Å². The van der Waals surface area contributed by atoms with E-state index in [1.807, 2.05) is 13.8 Å². The highest BCUT2D eigenvalue weighted by atomic mass is 16.8. The van der Waals surface area contributed by atoms with Gasteiger partial charge in [0, 0.05) is 18.8 Å². The second-order valence-electron chi connectivity index (χ2n) is 7.32. The predicted octanol–water partition coefficient (Wildman–Crippen LogP) is 1.89. The van der Waals surface area contributed by atoms with Crippen LogP contribution < -0.4 is 5.32 Å². The van der Waals surface area contributed by atoms with Crippen molar-refractivity contribution in [1.82, 2.24) is 5.32 Å². The number of hydrogen-bond acceptors (Lipinski definition) is 6. The maximum atomic E-state index is 11.6. The van der Waals surface area contributed by atoms with E-state index in [2.05, 4.69) is 5.32 Å². The van der Waals surface area contributed by atoms with E-state index in [0.29, 0.717) is 26.4 Å². The molecule has 7 heteroatoms. The molecule has 2 N–H and O–H groups in total. The summed E-state index contributed by atoms with van der Waals surface area (Å²) in [7, 11) is 0. The van der Waals surface area contributed by atoms with E-state index in [1.54, 1.807) is 0 Å². The first-order valence-corrected chi connectivity index (χ1v) is 9.59. The Kier molecular flexibility index (Phi) is 6.00. The number of carboxylic acids is 1. The van der Waals surface area contributed by atoms with Crippen LogP contribution in [0.5, 0.6) is 0 Å². The lowest BCUT2D eigenvalue weighted by molar-refractivity contribution is -0.469. The molecule has 0 aromatic heterocycles. The van der Waals surface area contributed by atoms with Gasteiger partial charge < -0.3 is 29.4 Å². The number of carbonyl (C=O) groups is 1. The standard InChI is InChI=1S/C18H31NO6/c1-3-19-15(16(20)21)13(2)14-12-24-17(8-4-6-10-22-17)18(25-14)9-5-7-11-23-18/h13-15,19H,3-12H2,1-2H3,(H,20,21)/t13-,14-,15-,17?,18?/m0/s1. The van der Waals surface area contributed by atoms with E-state index < -0.39 is 23.6 Å². The molecule has 0 amide bonds. The van der Waals surface area contributed by atoms with Gasteiger partial charge in [-0.05, 0) is 32.2 Å². The smallest absolute Gasteiger partial charge is 0.321 e. The van der Waals surface area contributed by atoms with Crippen molar-refractivity contribution in [1.29, 1.82) is 0 Å². The minimum Gasteiger partial charge on any atom is -0.480 e. The van der Waals surface area contributed by atoms with Crippen molar-refractivity contribution in [3.05, 3.63) is 0 Å². The van der Waals surface area contributed by atoms with Gasteiger partial charge in [-0.3, -0.25) is 4.79 Å². The molecule has 5 atom stereocenters. The number of rotatable bonds is 5.